The van der Waals surface area contributed by atoms with E-state index >= 15 is 0 Å². The smallest absolute Gasteiger partial charge is 0.259 e. The van der Waals surface area contributed by atoms with Gasteiger partial charge in [-0.25, -0.2) is 0 Å². The maximum Gasteiger partial charge on any atom is 0.259 e. The minimum atomic E-state index is -0.352. The van der Waals surface area contributed by atoms with Gasteiger partial charge in [-0.3, -0.25) is 19.7 Å². The highest BCUT2D eigenvalue weighted by Crippen LogP contribution is 2.37. The van der Waals surface area contributed by atoms with Crippen LogP contribution in [0.4, 0.5) is 5.69 Å². The minimum absolute atomic E-state index is 0.0693. The van der Waals surface area contributed by atoms with Gasteiger partial charge in [-0.05, 0) is 30.4 Å². The molecule has 0 aromatic heterocycles. The Morgan fingerprint density at radius 2 is 1.87 bits per heavy atom. The lowest BCUT2D eigenvalue weighted by atomic mass is 10.0. The zero-order valence-corrected chi connectivity index (χ0v) is 12.5. The van der Waals surface area contributed by atoms with Crippen LogP contribution in [0.2, 0.25) is 0 Å². The number of anilines is 1. The summed E-state index contributed by atoms with van der Waals surface area (Å²) in [7, 11) is 0. The van der Waals surface area contributed by atoms with Crippen molar-refractivity contribution in [1.29, 1.82) is 0 Å². The Kier molecular flexibility index (Phi) is 3.15. The van der Waals surface area contributed by atoms with Gasteiger partial charge in [0.2, 0.25) is 11.8 Å². The fourth-order valence-corrected chi connectivity index (χ4v) is 3.50. The molecule has 0 saturated carbocycles. The summed E-state index contributed by atoms with van der Waals surface area (Å²) in [6.07, 6.45) is 1.65. The average Bonchev–Trinajstić information content (AvgIpc) is 2.71. The number of imide groups is 1. The maximum atomic E-state index is 12.7. The zero-order valence-electron chi connectivity index (χ0n) is 12.5. The zero-order chi connectivity index (χ0) is 16.0. The molecule has 1 saturated heterocycles. The van der Waals surface area contributed by atoms with Gasteiger partial charge >= 0.3 is 0 Å². The summed E-state index contributed by atoms with van der Waals surface area (Å²) in [6.45, 7) is 0.311. The van der Waals surface area contributed by atoms with Crippen molar-refractivity contribution < 1.29 is 14.4 Å². The first-order valence-corrected chi connectivity index (χ1v) is 7.82. The highest BCUT2D eigenvalue weighted by molar-refractivity contribution is 6.25. The monoisotopic (exact) mass is 308 g/mol. The summed E-state index contributed by atoms with van der Waals surface area (Å²) < 4.78 is 0. The number of nitrogens with one attached hydrogen (secondary N) is 1. The van der Waals surface area contributed by atoms with E-state index in [1.807, 2.05) is 36.4 Å². The maximum absolute atomic E-state index is 12.7. The molecule has 1 atom stereocenters. The quantitative estimate of drug-likeness (QED) is 0.865. The van der Waals surface area contributed by atoms with Crippen molar-refractivity contribution in [3.05, 3.63) is 42.0 Å². The summed E-state index contributed by atoms with van der Waals surface area (Å²) in [5.41, 5.74) is 1.54. The predicted molar refractivity (Wildman–Crippen MR) is 86.1 cm³/mol. The summed E-state index contributed by atoms with van der Waals surface area (Å²) in [5, 5.41) is 4.38. The highest BCUT2D eigenvalue weighted by Gasteiger charge is 2.34. The average molecular weight is 308 g/mol. The second-order valence-electron chi connectivity index (χ2n) is 6.10. The Morgan fingerprint density at radius 1 is 1.09 bits per heavy atom. The molecular formula is C18H16N2O3. The summed E-state index contributed by atoms with van der Waals surface area (Å²) >= 11 is 0. The van der Waals surface area contributed by atoms with Crippen molar-refractivity contribution in [1.82, 2.24) is 5.32 Å². The van der Waals surface area contributed by atoms with Crippen molar-refractivity contribution in [3.8, 4) is 0 Å². The van der Waals surface area contributed by atoms with Gasteiger partial charge in [0.25, 0.3) is 5.91 Å². The van der Waals surface area contributed by atoms with Crippen molar-refractivity contribution in [2.75, 3.05) is 11.4 Å². The van der Waals surface area contributed by atoms with Gasteiger partial charge in [-0.1, -0.05) is 24.3 Å². The van der Waals surface area contributed by atoms with Gasteiger partial charge in [0, 0.05) is 23.9 Å². The van der Waals surface area contributed by atoms with Crippen LogP contribution in [0.25, 0.3) is 10.8 Å². The van der Waals surface area contributed by atoms with E-state index in [2.05, 4.69) is 5.32 Å². The third kappa shape index (κ3) is 2.20. The number of hydrogen-bond donors (Lipinski definition) is 1. The first kappa shape index (κ1) is 13.9. The van der Waals surface area contributed by atoms with Crippen LogP contribution in [0, 0.1) is 5.92 Å². The topological polar surface area (TPSA) is 66.5 Å². The number of benzene rings is 2. The van der Waals surface area contributed by atoms with E-state index in [0.29, 0.717) is 31.4 Å². The van der Waals surface area contributed by atoms with Crippen molar-refractivity contribution >= 4 is 34.2 Å². The lowest BCUT2D eigenvalue weighted by Gasteiger charge is -2.22. The molecule has 23 heavy (non-hydrogen) atoms. The Hall–Kier alpha value is -2.69. The lowest BCUT2D eigenvalue weighted by molar-refractivity contribution is -0.131. The van der Waals surface area contributed by atoms with E-state index in [0.717, 1.165) is 16.5 Å². The molecule has 1 unspecified atom stereocenters. The Labute approximate surface area is 133 Å². The van der Waals surface area contributed by atoms with Crippen LogP contribution in [0.3, 0.4) is 0 Å². The summed E-state index contributed by atoms with van der Waals surface area (Å²) in [4.78, 5) is 38.0. The third-order valence-corrected chi connectivity index (χ3v) is 4.64. The molecule has 2 aromatic rings. The number of carbonyl (C=O) groups is 3. The first-order valence-electron chi connectivity index (χ1n) is 7.82. The van der Waals surface area contributed by atoms with Crippen LogP contribution in [0.5, 0.6) is 0 Å². The van der Waals surface area contributed by atoms with E-state index in [9.17, 15) is 14.4 Å². The lowest BCUT2D eigenvalue weighted by Crippen LogP contribution is -2.40. The van der Waals surface area contributed by atoms with Crippen LogP contribution < -0.4 is 10.2 Å². The minimum Gasteiger partial charge on any atom is -0.307 e. The molecule has 0 bridgehead atoms. The molecule has 4 rings (SSSR count). The Bertz CT molecular complexity index is 838. The van der Waals surface area contributed by atoms with Crippen LogP contribution in [-0.4, -0.2) is 24.3 Å². The number of amides is 3. The van der Waals surface area contributed by atoms with Gasteiger partial charge in [0.15, 0.2) is 0 Å². The molecule has 0 aliphatic carbocycles. The van der Waals surface area contributed by atoms with Crippen LogP contribution in [0.15, 0.2) is 36.4 Å². The molecule has 5 nitrogen and oxygen atoms in total. The predicted octanol–water partition coefficient (Wildman–Crippen LogP) is 2.24. The van der Waals surface area contributed by atoms with E-state index in [1.54, 1.807) is 4.90 Å². The largest absolute Gasteiger partial charge is 0.307 e. The van der Waals surface area contributed by atoms with Gasteiger partial charge in [-0.15, -0.1) is 0 Å². The highest BCUT2D eigenvalue weighted by atomic mass is 16.2. The second kappa shape index (κ2) is 5.19. The molecule has 1 N–H and O–H groups in total. The fourth-order valence-electron chi connectivity index (χ4n) is 3.50. The van der Waals surface area contributed by atoms with Gasteiger partial charge in [-0.2, -0.15) is 0 Å². The second-order valence-corrected chi connectivity index (χ2v) is 6.10. The molecule has 2 aromatic carbocycles. The van der Waals surface area contributed by atoms with Gasteiger partial charge in [0.05, 0.1) is 11.6 Å². The molecule has 3 amide bonds. The SMILES string of the molecule is O=C1CCCC(CN2C(=O)c3cccc4cccc2c34)C(=O)N1. The van der Waals surface area contributed by atoms with E-state index < -0.39 is 0 Å². The normalized spacial score (nSPS) is 20.8. The summed E-state index contributed by atoms with van der Waals surface area (Å²) in [6, 6.07) is 11.5. The Morgan fingerprint density at radius 3 is 2.70 bits per heavy atom. The fraction of sp³-hybridized carbons (Fsp3) is 0.278. The molecular weight excluding hydrogens is 292 g/mol. The first-order chi connectivity index (χ1) is 11.1. The molecule has 2 aliphatic heterocycles. The van der Waals surface area contributed by atoms with Crippen LogP contribution in [0.1, 0.15) is 29.6 Å². The van der Waals surface area contributed by atoms with E-state index in [4.69, 9.17) is 0 Å². The number of hydrogen-bond acceptors (Lipinski definition) is 3. The van der Waals surface area contributed by atoms with E-state index in [1.165, 1.54) is 0 Å². The van der Waals surface area contributed by atoms with E-state index in [-0.39, 0.29) is 23.6 Å². The van der Waals surface area contributed by atoms with Crippen LogP contribution >= 0.6 is 0 Å². The van der Waals surface area contributed by atoms with Gasteiger partial charge in [0.1, 0.15) is 0 Å². The summed E-state index contributed by atoms with van der Waals surface area (Å²) in [5.74, 6) is -0.922. The molecule has 0 radical (unpaired) electrons. The molecule has 2 heterocycles. The third-order valence-electron chi connectivity index (χ3n) is 4.64. The number of carbonyl (C=O) groups excluding carboxylic acids is 3. The van der Waals surface area contributed by atoms with Crippen molar-refractivity contribution in [2.24, 2.45) is 5.92 Å². The molecule has 5 heteroatoms. The van der Waals surface area contributed by atoms with Crippen LogP contribution in [-0.2, 0) is 9.59 Å². The molecule has 1 fully saturated rings. The molecule has 116 valence electrons. The molecule has 0 spiro atoms. The number of rotatable bonds is 2. The van der Waals surface area contributed by atoms with Crippen molar-refractivity contribution in [2.45, 2.75) is 19.3 Å². The standard InChI is InChI=1S/C18H16N2O3/c21-15-9-3-6-12(17(22)19-15)10-20-14-8-2-5-11-4-1-7-13(16(11)14)18(20)23/h1-2,4-5,7-8,12H,3,6,9-10H2,(H,19,21,22). The van der Waals surface area contributed by atoms with Crippen molar-refractivity contribution in [3.63, 3.8) is 0 Å². The molecule has 2 aliphatic rings. The van der Waals surface area contributed by atoms with Gasteiger partial charge < -0.3 is 4.90 Å². The number of nitrogens with zero attached hydrogens (tertiary/aromatic N) is 1. The Balaban J connectivity index is 1.69.